The summed E-state index contributed by atoms with van der Waals surface area (Å²) in [6, 6.07) is 13.5. The first-order chi connectivity index (χ1) is 10.6. The van der Waals surface area contributed by atoms with Crippen molar-refractivity contribution in [3.05, 3.63) is 57.4 Å². The van der Waals surface area contributed by atoms with Crippen molar-refractivity contribution in [3.8, 4) is 11.3 Å². The lowest BCUT2D eigenvalue weighted by Gasteiger charge is -2.23. The first-order valence-electron chi connectivity index (χ1n) is 6.46. The highest BCUT2D eigenvalue weighted by molar-refractivity contribution is 14.1. The number of rotatable bonds is 2. The molecule has 0 aliphatic heterocycles. The third kappa shape index (κ3) is 2.17. The molecule has 0 saturated carbocycles. The lowest BCUT2D eigenvalue weighted by atomic mass is 10.1. The average Bonchev–Trinajstić information content (AvgIpc) is 3.05. The predicted molar refractivity (Wildman–Crippen MR) is 96.4 cm³/mol. The Bertz CT molecular complexity index is 993. The van der Waals surface area contributed by atoms with Crippen molar-refractivity contribution in [2.75, 3.05) is 5.23 Å². The van der Waals surface area contributed by atoms with Crippen molar-refractivity contribution in [1.82, 2.24) is 9.38 Å². The van der Waals surface area contributed by atoms with E-state index in [0.29, 0.717) is 3.57 Å². The van der Waals surface area contributed by atoms with Gasteiger partial charge in [0.1, 0.15) is 0 Å². The van der Waals surface area contributed by atoms with Crippen molar-refractivity contribution in [2.45, 2.75) is 0 Å². The van der Waals surface area contributed by atoms with E-state index >= 15 is 0 Å². The van der Waals surface area contributed by atoms with E-state index in [2.05, 4.69) is 17.1 Å². The van der Waals surface area contributed by atoms with Gasteiger partial charge in [0.2, 0.25) is 0 Å². The van der Waals surface area contributed by atoms with Crippen LogP contribution in [0.25, 0.3) is 26.4 Å². The SMILES string of the molecule is [O-]N(O)c1cc(-c2cn3c(n2)sc2ccccc23)ccc1I. The fourth-order valence-electron chi connectivity index (χ4n) is 2.41. The minimum absolute atomic E-state index is 0.112. The molecule has 1 N–H and O–H groups in total. The van der Waals surface area contributed by atoms with E-state index in [1.165, 1.54) is 4.70 Å². The molecule has 0 radical (unpaired) electrons. The monoisotopic (exact) mass is 422 g/mol. The molecule has 2 aromatic heterocycles. The Hall–Kier alpha value is -1.68. The van der Waals surface area contributed by atoms with Crippen LogP contribution in [0, 0.1) is 8.78 Å². The zero-order valence-corrected chi connectivity index (χ0v) is 14.1. The molecule has 7 heteroatoms. The molecule has 0 amide bonds. The fourth-order valence-corrected chi connectivity index (χ4v) is 3.96. The molecule has 0 aliphatic rings. The molecule has 0 aliphatic carbocycles. The lowest BCUT2D eigenvalue weighted by molar-refractivity contribution is 0.296. The summed E-state index contributed by atoms with van der Waals surface area (Å²) in [4.78, 5) is 5.53. The Balaban J connectivity index is 1.89. The summed E-state index contributed by atoms with van der Waals surface area (Å²) in [7, 11) is 0. The highest BCUT2D eigenvalue weighted by Gasteiger charge is 2.11. The number of hydrogen-bond acceptors (Lipinski definition) is 5. The van der Waals surface area contributed by atoms with Crippen LogP contribution >= 0.6 is 33.9 Å². The highest BCUT2D eigenvalue weighted by Crippen LogP contribution is 2.31. The van der Waals surface area contributed by atoms with E-state index in [0.717, 1.165) is 21.7 Å². The number of imidazole rings is 1. The van der Waals surface area contributed by atoms with Crippen LogP contribution in [0.15, 0.2) is 48.7 Å². The van der Waals surface area contributed by atoms with Crippen LogP contribution < -0.4 is 5.23 Å². The Morgan fingerprint density at radius 2 is 2.05 bits per heavy atom. The van der Waals surface area contributed by atoms with Gasteiger partial charge in [-0.05, 0) is 46.9 Å². The van der Waals surface area contributed by atoms with Gasteiger partial charge >= 0.3 is 0 Å². The Morgan fingerprint density at radius 1 is 1.23 bits per heavy atom. The highest BCUT2D eigenvalue weighted by atomic mass is 127. The van der Waals surface area contributed by atoms with E-state index in [1.807, 2.05) is 51.4 Å². The first-order valence-corrected chi connectivity index (χ1v) is 8.36. The third-order valence-electron chi connectivity index (χ3n) is 3.45. The summed E-state index contributed by atoms with van der Waals surface area (Å²) < 4.78 is 3.91. The van der Waals surface area contributed by atoms with Crippen LogP contribution in [0.3, 0.4) is 0 Å². The summed E-state index contributed by atoms with van der Waals surface area (Å²) in [6.45, 7) is 0. The number of aromatic nitrogens is 2. The van der Waals surface area contributed by atoms with Crippen molar-refractivity contribution in [1.29, 1.82) is 0 Å². The number of thiazole rings is 1. The molecular formula is C15H9IN3O2S-. The van der Waals surface area contributed by atoms with Crippen molar-refractivity contribution < 1.29 is 5.21 Å². The van der Waals surface area contributed by atoms with Crippen molar-refractivity contribution >= 4 is 54.8 Å². The number of anilines is 1. The van der Waals surface area contributed by atoms with Gasteiger partial charge in [-0.1, -0.05) is 29.5 Å². The quantitative estimate of drug-likeness (QED) is 0.381. The molecule has 0 fully saturated rings. The number of fused-ring (bicyclic) bond motifs is 3. The fraction of sp³-hybridized carbons (Fsp3) is 0. The van der Waals surface area contributed by atoms with Crippen molar-refractivity contribution in [2.24, 2.45) is 0 Å². The van der Waals surface area contributed by atoms with E-state index in [9.17, 15) is 5.21 Å². The van der Waals surface area contributed by atoms with Gasteiger partial charge in [-0.2, -0.15) is 0 Å². The van der Waals surface area contributed by atoms with Crippen LogP contribution in [-0.2, 0) is 0 Å². The summed E-state index contributed by atoms with van der Waals surface area (Å²) in [6.07, 6.45) is 1.95. The standard InChI is InChI=1S/C15H9IN3O2S/c16-10-6-5-9(7-13(10)19(20)21)11-8-18-12-3-1-2-4-14(12)22-15(18)17-11/h1-8,20H/q-1. The zero-order valence-electron chi connectivity index (χ0n) is 11.1. The molecule has 4 aromatic rings. The third-order valence-corrected chi connectivity index (χ3v) is 5.40. The van der Waals surface area contributed by atoms with E-state index in [-0.39, 0.29) is 10.9 Å². The van der Waals surface area contributed by atoms with Gasteiger partial charge < -0.3 is 10.4 Å². The van der Waals surface area contributed by atoms with Crippen LogP contribution in [0.5, 0.6) is 0 Å². The topological polar surface area (TPSA) is 63.8 Å². The second-order valence-corrected chi connectivity index (χ2v) is 6.96. The smallest absolute Gasteiger partial charge is 0.195 e. The maximum Gasteiger partial charge on any atom is 0.195 e. The van der Waals surface area contributed by atoms with E-state index < -0.39 is 0 Å². The van der Waals surface area contributed by atoms with Crippen LogP contribution in [-0.4, -0.2) is 14.6 Å². The normalized spacial score (nSPS) is 11.4. The molecular weight excluding hydrogens is 413 g/mol. The minimum atomic E-state index is -0.112. The summed E-state index contributed by atoms with van der Waals surface area (Å²) in [5.74, 6) is 0. The number of benzene rings is 2. The summed E-state index contributed by atoms with van der Waals surface area (Å²) in [5.41, 5.74) is 2.90. The second-order valence-electron chi connectivity index (χ2n) is 4.79. The molecule has 0 unspecified atom stereocenters. The molecule has 2 aromatic carbocycles. The molecule has 5 nitrogen and oxygen atoms in total. The Kier molecular flexibility index (Phi) is 3.30. The minimum Gasteiger partial charge on any atom is -0.733 e. The molecule has 0 bridgehead atoms. The molecule has 2 heterocycles. The lowest BCUT2D eigenvalue weighted by Crippen LogP contribution is -2.08. The second kappa shape index (κ2) is 5.20. The molecule has 110 valence electrons. The molecule has 0 saturated heterocycles. The van der Waals surface area contributed by atoms with Crippen molar-refractivity contribution in [3.63, 3.8) is 0 Å². The summed E-state index contributed by atoms with van der Waals surface area (Å²) in [5, 5.41) is 20.2. The Labute approximate surface area is 143 Å². The molecule has 22 heavy (non-hydrogen) atoms. The number of hydrogen-bond donors (Lipinski definition) is 1. The predicted octanol–water partition coefficient (Wildman–Crippen LogP) is 4.51. The number of halogens is 1. The van der Waals surface area contributed by atoms with E-state index in [1.54, 1.807) is 23.5 Å². The Morgan fingerprint density at radius 3 is 2.86 bits per heavy atom. The maximum absolute atomic E-state index is 11.2. The zero-order chi connectivity index (χ0) is 15.3. The molecule has 4 rings (SSSR count). The number of para-hydroxylation sites is 1. The molecule has 0 spiro atoms. The average molecular weight is 422 g/mol. The van der Waals surface area contributed by atoms with Gasteiger partial charge in [-0.25, -0.2) is 4.98 Å². The van der Waals surface area contributed by atoms with E-state index in [4.69, 9.17) is 5.21 Å². The van der Waals surface area contributed by atoms with Gasteiger partial charge in [-0.3, -0.25) is 9.61 Å². The van der Waals surface area contributed by atoms with Crippen LogP contribution in [0.4, 0.5) is 5.69 Å². The van der Waals surface area contributed by atoms with Gasteiger partial charge in [0.05, 0.1) is 21.6 Å². The molecule has 0 atom stereocenters. The van der Waals surface area contributed by atoms with Crippen LogP contribution in [0.1, 0.15) is 0 Å². The van der Waals surface area contributed by atoms with Gasteiger partial charge in [0, 0.05) is 15.3 Å². The number of nitrogens with zero attached hydrogens (tertiary/aromatic N) is 3. The maximum atomic E-state index is 11.2. The largest absolute Gasteiger partial charge is 0.733 e. The van der Waals surface area contributed by atoms with Gasteiger partial charge in [0.25, 0.3) is 0 Å². The first kappa shape index (κ1) is 13.9. The van der Waals surface area contributed by atoms with Gasteiger partial charge in [0.15, 0.2) is 4.96 Å². The van der Waals surface area contributed by atoms with Crippen LogP contribution in [0.2, 0.25) is 0 Å². The van der Waals surface area contributed by atoms with Gasteiger partial charge in [-0.15, -0.1) is 0 Å². The summed E-state index contributed by atoms with van der Waals surface area (Å²) >= 11 is 3.63.